The third-order valence-corrected chi connectivity index (χ3v) is 3.08. The fourth-order valence-electron chi connectivity index (χ4n) is 1.44. The third kappa shape index (κ3) is 3.33. The van der Waals surface area contributed by atoms with Gasteiger partial charge in [0, 0.05) is 5.75 Å². The molecule has 0 unspecified atom stereocenters. The first-order valence-corrected chi connectivity index (χ1v) is 6.47. The van der Waals surface area contributed by atoms with Gasteiger partial charge in [0.05, 0.1) is 12.2 Å². The van der Waals surface area contributed by atoms with Gasteiger partial charge in [0.15, 0.2) is 10.9 Å². The standard InChI is InChI=1S/C12H13N3O2S/c1-9(16)10-4-2-3-5-11(10)17-6-7-18-12-13-8-14-15-12/h2-5,8H,6-7H2,1H3,(H,13,14,15). The van der Waals surface area contributed by atoms with Crippen molar-refractivity contribution < 1.29 is 9.53 Å². The zero-order valence-corrected chi connectivity index (χ0v) is 10.7. The number of para-hydroxylation sites is 1. The van der Waals surface area contributed by atoms with Gasteiger partial charge in [-0.25, -0.2) is 4.98 Å². The van der Waals surface area contributed by atoms with Gasteiger partial charge in [-0.05, 0) is 19.1 Å². The molecule has 1 aromatic carbocycles. The molecule has 94 valence electrons. The first kappa shape index (κ1) is 12.6. The van der Waals surface area contributed by atoms with Gasteiger partial charge in [-0.1, -0.05) is 23.9 Å². The monoisotopic (exact) mass is 263 g/mol. The van der Waals surface area contributed by atoms with E-state index in [1.807, 2.05) is 12.1 Å². The van der Waals surface area contributed by atoms with E-state index in [2.05, 4.69) is 15.2 Å². The van der Waals surface area contributed by atoms with Crippen molar-refractivity contribution in [3.05, 3.63) is 36.2 Å². The number of carbonyl (C=O) groups is 1. The molecule has 0 aliphatic rings. The smallest absolute Gasteiger partial charge is 0.183 e. The van der Waals surface area contributed by atoms with Gasteiger partial charge in [-0.3, -0.25) is 9.89 Å². The van der Waals surface area contributed by atoms with E-state index >= 15 is 0 Å². The molecule has 0 fully saturated rings. The summed E-state index contributed by atoms with van der Waals surface area (Å²) >= 11 is 1.52. The van der Waals surface area contributed by atoms with Crippen molar-refractivity contribution in [3.8, 4) is 5.75 Å². The molecule has 0 radical (unpaired) electrons. The van der Waals surface area contributed by atoms with Crippen LogP contribution in [-0.4, -0.2) is 33.3 Å². The lowest BCUT2D eigenvalue weighted by molar-refractivity contribution is 0.101. The van der Waals surface area contributed by atoms with Crippen LogP contribution in [0.5, 0.6) is 5.75 Å². The van der Waals surface area contributed by atoms with Crippen LogP contribution in [-0.2, 0) is 0 Å². The molecule has 6 heteroatoms. The number of aromatic nitrogens is 3. The van der Waals surface area contributed by atoms with Crippen LogP contribution in [0.2, 0.25) is 0 Å². The second-order valence-electron chi connectivity index (χ2n) is 3.54. The van der Waals surface area contributed by atoms with Crippen LogP contribution in [0.4, 0.5) is 0 Å². The molecule has 0 spiro atoms. The van der Waals surface area contributed by atoms with Gasteiger partial charge >= 0.3 is 0 Å². The van der Waals surface area contributed by atoms with Crippen molar-refractivity contribution in [2.45, 2.75) is 12.1 Å². The molecule has 0 bridgehead atoms. The molecule has 2 aromatic rings. The van der Waals surface area contributed by atoms with Gasteiger partial charge in [0.2, 0.25) is 0 Å². The summed E-state index contributed by atoms with van der Waals surface area (Å²) in [5.41, 5.74) is 0.613. The van der Waals surface area contributed by atoms with Crippen molar-refractivity contribution in [2.24, 2.45) is 0 Å². The highest BCUT2D eigenvalue weighted by atomic mass is 32.2. The van der Waals surface area contributed by atoms with Crippen molar-refractivity contribution in [3.63, 3.8) is 0 Å². The van der Waals surface area contributed by atoms with Crippen LogP contribution in [0.1, 0.15) is 17.3 Å². The lowest BCUT2D eigenvalue weighted by Gasteiger charge is -2.08. The first-order chi connectivity index (χ1) is 8.77. The Balaban J connectivity index is 1.85. The number of benzene rings is 1. The zero-order chi connectivity index (χ0) is 12.8. The molecule has 18 heavy (non-hydrogen) atoms. The maximum Gasteiger partial charge on any atom is 0.183 e. The summed E-state index contributed by atoms with van der Waals surface area (Å²) in [5, 5.41) is 7.27. The summed E-state index contributed by atoms with van der Waals surface area (Å²) in [6, 6.07) is 7.25. The Morgan fingerprint density at radius 2 is 2.28 bits per heavy atom. The number of thioether (sulfide) groups is 1. The van der Waals surface area contributed by atoms with Gasteiger partial charge in [-0.15, -0.1) is 0 Å². The van der Waals surface area contributed by atoms with Crippen LogP contribution in [0.25, 0.3) is 0 Å². The largest absolute Gasteiger partial charge is 0.492 e. The summed E-state index contributed by atoms with van der Waals surface area (Å²) in [6.45, 7) is 2.04. The van der Waals surface area contributed by atoms with Crippen LogP contribution < -0.4 is 4.74 Å². The van der Waals surface area contributed by atoms with E-state index in [1.54, 1.807) is 12.1 Å². The number of Topliss-reactive ketones (excluding diaryl/α,β-unsaturated/α-hetero) is 1. The number of ether oxygens (including phenoxy) is 1. The molecule has 0 amide bonds. The molecule has 1 heterocycles. The molecule has 0 saturated heterocycles. The predicted octanol–water partition coefficient (Wildman–Crippen LogP) is 2.18. The minimum absolute atomic E-state index is 0.00786. The second kappa shape index (κ2) is 6.20. The van der Waals surface area contributed by atoms with E-state index in [0.29, 0.717) is 17.9 Å². The summed E-state index contributed by atoms with van der Waals surface area (Å²) in [7, 11) is 0. The second-order valence-corrected chi connectivity index (χ2v) is 4.62. The average Bonchev–Trinajstić information content (AvgIpc) is 2.88. The van der Waals surface area contributed by atoms with E-state index in [9.17, 15) is 4.79 Å². The molecule has 0 atom stereocenters. The van der Waals surface area contributed by atoms with E-state index in [0.717, 1.165) is 10.9 Å². The number of ketones is 1. The predicted molar refractivity (Wildman–Crippen MR) is 69.0 cm³/mol. The maximum atomic E-state index is 11.4. The highest BCUT2D eigenvalue weighted by Gasteiger charge is 2.07. The molecule has 0 aliphatic carbocycles. The number of nitrogens with zero attached hydrogens (tertiary/aromatic N) is 2. The summed E-state index contributed by atoms with van der Waals surface area (Å²) in [6.07, 6.45) is 1.47. The lowest BCUT2D eigenvalue weighted by atomic mass is 10.1. The Kier molecular flexibility index (Phi) is 4.35. The Morgan fingerprint density at radius 1 is 1.44 bits per heavy atom. The van der Waals surface area contributed by atoms with Gasteiger partial charge in [0.1, 0.15) is 12.1 Å². The fraction of sp³-hybridized carbons (Fsp3) is 0.250. The fourth-order valence-corrected chi connectivity index (χ4v) is 2.04. The third-order valence-electron chi connectivity index (χ3n) is 2.24. The number of carbonyl (C=O) groups excluding carboxylic acids is 1. The Hall–Kier alpha value is -1.82. The Labute approximate surface area is 109 Å². The number of rotatable bonds is 6. The molecule has 5 nitrogen and oxygen atoms in total. The molecular formula is C12H13N3O2S. The van der Waals surface area contributed by atoms with Crippen molar-refractivity contribution in [1.82, 2.24) is 15.2 Å². The van der Waals surface area contributed by atoms with E-state index in [1.165, 1.54) is 25.0 Å². The topological polar surface area (TPSA) is 67.9 Å². The molecule has 1 N–H and O–H groups in total. The van der Waals surface area contributed by atoms with Crippen LogP contribution >= 0.6 is 11.8 Å². The maximum absolute atomic E-state index is 11.4. The number of nitrogens with one attached hydrogen (secondary N) is 1. The normalized spacial score (nSPS) is 10.3. The molecular weight excluding hydrogens is 250 g/mol. The van der Waals surface area contributed by atoms with E-state index in [-0.39, 0.29) is 5.78 Å². The van der Waals surface area contributed by atoms with Gasteiger partial charge in [-0.2, -0.15) is 5.10 Å². The number of hydrogen-bond acceptors (Lipinski definition) is 5. The number of aromatic amines is 1. The van der Waals surface area contributed by atoms with Crippen molar-refractivity contribution in [2.75, 3.05) is 12.4 Å². The van der Waals surface area contributed by atoms with Crippen LogP contribution in [0.3, 0.4) is 0 Å². The Morgan fingerprint density at radius 3 is 3.00 bits per heavy atom. The highest BCUT2D eigenvalue weighted by Crippen LogP contribution is 2.19. The highest BCUT2D eigenvalue weighted by molar-refractivity contribution is 7.99. The summed E-state index contributed by atoms with van der Waals surface area (Å²) in [5.74, 6) is 1.37. The average molecular weight is 263 g/mol. The van der Waals surface area contributed by atoms with Gasteiger partial charge in [0.25, 0.3) is 0 Å². The SMILES string of the molecule is CC(=O)c1ccccc1OCCSc1ncn[nH]1. The molecule has 0 aliphatic heterocycles. The summed E-state index contributed by atoms with van der Waals surface area (Å²) in [4.78, 5) is 15.4. The number of hydrogen-bond donors (Lipinski definition) is 1. The molecule has 2 rings (SSSR count). The zero-order valence-electron chi connectivity index (χ0n) is 9.92. The quantitative estimate of drug-likeness (QED) is 0.491. The van der Waals surface area contributed by atoms with Crippen molar-refractivity contribution >= 4 is 17.5 Å². The first-order valence-electron chi connectivity index (χ1n) is 5.48. The van der Waals surface area contributed by atoms with Gasteiger partial charge < -0.3 is 4.74 Å². The molecule has 1 aromatic heterocycles. The minimum atomic E-state index is 0.00786. The molecule has 0 saturated carbocycles. The summed E-state index contributed by atoms with van der Waals surface area (Å²) < 4.78 is 5.59. The lowest BCUT2D eigenvalue weighted by Crippen LogP contribution is -2.04. The number of H-pyrrole nitrogens is 1. The minimum Gasteiger partial charge on any atom is -0.492 e. The van der Waals surface area contributed by atoms with Crippen LogP contribution in [0, 0.1) is 0 Å². The van der Waals surface area contributed by atoms with Crippen molar-refractivity contribution in [1.29, 1.82) is 0 Å². The Bertz CT molecular complexity index is 514. The van der Waals surface area contributed by atoms with E-state index in [4.69, 9.17) is 4.74 Å². The van der Waals surface area contributed by atoms with E-state index < -0.39 is 0 Å². The van der Waals surface area contributed by atoms with Crippen LogP contribution in [0.15, 0.2) is 35.7 Å².